The van der Waals surface area contributed by atoms with Crippen LogP contribution in [0.1, 0.15) is 5.56 Å². The molecule has 3 nitrogen and oxygen atoms in total. The summed E-state index contributed by atoms with van der Waals surface area (Å²) in [7, 11) is 1.52. The summed E-state index contributed by atoms with van der Waals surface area (Å²) in [6, 6.07) is 15.8. The zero-order chi connectivity index (χ0) is 12.1. The van der Waals surface area contributed by atoms with Crippen molar-refractivity contribution in [2.24, 2.45) is 5.16 Å². The van der Waals surface area contributed by atoms with E-state index in [1.54, 1.807) is 6.21 Å². The molecule has 0 spiro atoms. The molecular weight excluding hydrogens is 212 g/mol. The van der Waals surface area contributed by atoms with Gasteiger partial charge in [0.1, 0.15) is 7.11 Å². The Balaban J connectivity index is 2.30. The Morgan fingerprint density at radius 1 is 1.06 bits per heavy atom. The van der Waals surface area contributed by atoms with Crippen molar-refractivity contribution in [3.63, 3.8) is 0 Å². The van der Waals surface area contributed by atoms with Crippen molar-refractivity contribution < 1.29 is 4.84 Å². The van der Waals surface area contributed by atoms with Crippen LogP contribution in [0, 0.1) is 0 Å². The van der Waals surface area contributed by atoms with E-state index in [4.69, 9.17) is 5.73 Å². The molecule has 3 heteroatoms. The Morgan fingerprint density at radius 2 is 1.76 bits per heavy atom. The molecule has 0 heterocycles. The second-order valence-corrected chi connectivity index (χ2v) is 3.63. The molecule has 2 aromatic rings. The van der Waals surface area contributed by atoms with E-state index in [2.05, 4.69) is 9.99 Å². The predicted octanol–water partition coefficient (Wildman–Crippen LogP) is 2.92. The van der Waals surface area contributed by atoms with Gasteiger partial charge in [-0.25, -0.2) is 0 Å². The number of anilines is 1. The molecule has 0 unspecified atom stereocenters. The summed E-state index contributed by atoms with van der Waals surface area (Å²) in [5.41, 5.74) is 9.84. The fourth-order valence-corrected chi connectivity index (χ4v) is 1.62. The third kappa shape index (κ3) is 2.64. The summed E-state index contributed by atoms with van der Waals surface area (Å²) in [5.74, 6) is 0. The maximum absolute atomic E-state index is 5.92. The van der Waals surface area contributed by atoms with Crippen LogP contribution in [0.25, 0.3) is 11.1 Å². The Kier molecular flexibility index (Phi) is 3.40. The van der Waals surface area contributed by atoms with Gasteiger partial charge in [0.05, 0.1) is 6.21 Å². The molecule has 2 rings (SSSR count). The second-order valence-electron chi connectivity index (χ2n) is 3.63. The van der Waals surface area contributed by atoms with Gasteiger partial charge in [-0.15, -0.1) is 0 Å². The van der Waals surface area contributed by atoms with Crippen LogP contribution in [0.2, 0.25) is 0 Å². The minimum absolute atomic E-state index is 0.783. The summed E-state index contributed by atoms with van der Waals surface area (Å²) in [4.78, 5) is 4.63. The van der Waals surface area contributed by atoms with Crippen LogP contribution in [0.5, 0.6) is 0 Å². The molecule has 0 aliphatic carbocycles. The molecule has 0 fully saturated rings. The molecule has 0 saturated carbocycles. The van der Waals surface area contributed by atoms with Crippen LogP contribution in [-0.4, -0.2) is 13.3 Å². The molecule has 0 saturated heterocycles. The topological polar surface area (TPSA) is 47.6 Å². The smallest absolute Gasteiger partial charge is 0.106 e. The molecule has 0 aromatic heterocycles. The van der Waals surface area contributed by atoms with Gasteiger partial charge in [0.2, 0.25) is 0 Å². The van der Waals surface area contributed by atoms with Crippen molar-refractivity contribution >= 4 is 11.9 Å². The number of hydrogen-bond acceptors (Lipinski definition) is 3. The number of nitrogens with zero attached hydrogens (tertiary/aromatic N) is 1. The van der Waals surface area contributed by atoms with Crippen molar-refractivity contribution in [3.8, 4) is 11.1 Å². The monoisotopic (exact) mass is 226 g/mol. The average molecular weight is 226 g/mol. The van der Waals surface area contributed by atoms with Gasteiger partial charge >= 0.3 is 0 Å². The summed E-state index contributed by atoms with van der Waals surface area (Å²) in [6.07, 6.45) is 1.66. The molecule has 0 bridgehead atoms. The summed E-state index contributed by atoms with van der Waals surface area (Å²) >= 11 is 0. The SMILES string of the molecule is CON=Cc1ccc(-c2ccccc2N)cc1. The summed E-state index contributed by atoms with van der Waals surface area (Å²) < 4.78 is 0. The van der Waals surface area contributed by atoms with E-state index in [1.165, 1.54) is 7.11 Å². The minimum atomic E-state index is 0.783. The lowest BCUT2D eigenvalue weighted by atomic mass is 10.0. The Morgan fingerprint density at radius 3 is 2.41 bits per heavy atom. The third-order valence-corrected chi connectivity index (χ3v) is 2.49. The van der Waals surface area contributed by atoms with Crippen molar-refractivity contribution in [1.82, 2.24) is 0 Å². The number of para-hydroxylation sites is 1. The standard InChI is InChI=1S/C14H14N2O/c1-17-16-10-11-6-8-12(9-7-11)13-4-2-3-5-14(13)15/h2-10H,15H2,1H3. The second kappa shape index (κ2) is 5.16. The van der Waals surface area contributed by atoms with Gasteiger partial charge in [-0.2, -0.15) is 0 Å². The van der Waals surface area contributed by atoms with E-state index in [0.29, 0.717) is 0 Å². The summed E-state index contributed by atoms with van der Waals surface area (Å²) in [5, 5.41) is 3.71. The molecule has 2 aromatic carbocycles. The lowest BCUT2D eigenvalue weighted by molar-refractivity contribution is 0.215. The fraction of sp³-hybridized carbons (Fsp3) is 0.0714. The van der Waals surface area contributed by atoms with Gasteiger partial charge in [0, 0.05) is 11.3 Å². The highest BCUT2D eigenvalue weighted by atomic mass is 16.6. The highest BCUT2D eigenvalue weighted by molar-refractivity contribution is 5.82. The minimum Gasteiger partial charge on any atom is -0.399 e. The quantitative estimate of drug-likeness (QED) is 0.497. The maximum atomic E-state index is 5.92. The van der Waals surface area contributed by atoms with Gasteiger partial charge in [-0.05, 0) is 17.2 Å². The van der Waals surface area contributed by atoms with E-state index in [9.17, 15) is 0 Å². The van der Waals surface area contributed by atoms with Gasteiger partial charge in [0.25, 0.3) is 0 Å². The van der Waals surface area contributed by atoms with E-state index >= 15 is 0 Å². The van der Waals surface area contributed by atoms with Crippen molar-refractivity contribution in [3.05, 3.63) is 54.1 Å². The molecule has 0 aliphatic heterocycles. The van der Waals surface area contributed by atoms with Crippen LogP contribution in [0.15, 0.2) is 53.7 Å². The maximum Gasteiger partial charge on any atom is 0.106 e. The molecule has 0 aliphatic rings. The Labute approximate surface area is 101 Å². The Hall–Kier alpha value is -2.29. The molecule has 0 amide bonds. The highest BCUT2D eigenvalue weighted by Crippen LogP contribution is 2.25. The van der Waals surface area contributed by atoms with Crippen molar-refractivity contribution in [1.29, 1.82) is 0 Å². The number of hydrogen-bond donors (Lipinski definition) is 1. The highest BCUT2D eigenvalue weighted by Gasteiger charge is 2.00. The number of nitrogen functional groups attached to an aromatic ring is 1. The number of benzene rings is 2. The number of oxime groups is 1. The third-order valence-electron chi connectivity index (χ3n) is 2.49. The zero-order valence-corrected chi connectivity index (χ0v) is 9.63. The first kappa shape index (κ1) is 11.2. The molecule has 86 valence electrons. The van der Waals surface area contributed by atoms with E-state index in [0.717, 1.165) is 22.4 Å². The van der Waals surface area contributed by atoms with Crippen LogP contribution < -0.4 is 5.73 Å². The van der Waals surface area contributed by atoms with Gasteiger partial charge in [-0.3, -0.25) is 0 Å². The van der Waals surface area contributed by atoms with E-state index < -0.39 is 0 Å². The van der Waals surface area contributed by atoms with E-state index in [1.807, 2.05) is 48.5 Å². The van der Waals surface area contributed by atoms with Gasteiger partial charge in [-0.1, -0.05) is 47.6 Å². The molecule has 0 radical (unpaired) electrons. The van der Waals surface area contributed by atoms with Crippen LogP contribution in [0.3, 0.4) is 0 Å². The largest absolute Gasteiger partial charge is 0.399 e. The van der Waals surface area contributed by atoms with Crippen LogP contribution >= 0.6 is 0 Å². The van der Waals surface area contributed by atoms with Crippen molar-refractivity contribution in [2.75, 3.05) is 12.8 Å². The van der Waals surface area contributed by atoms with Crippen LogP contribution in [0.4, 0.5) is 5.69 Å². The molecular formula is C14H14N2O. The average Bonchev–Trinajstić information content (AvgIpc) is 2.38. The first-order valence-electron chi connectivity index (χ1n) is 5.33. The number of nitrogens with two attached hydrogens (primary N) is 1. The molecule has 17 heavy (non-hydrogen) atoms. The van der Waals surface area contributed by atoms with Gasteiger partial charge < -0.3 is 10.6 Å². The lowest BCUT2D eigenvalue weighted by Gasteiger charge is -2.05. The zero-order valence-electron chi connectivity index (χ0n) is 9.63. The lowest BCUT2D eigenvalue weighted by Crippen LogP contribution is -1.89. The number of rotatable bonds is 3. The predicted molar refractivity (Wildman–Crippen MR) is 70.9 cm³/mol. The van der Waals surface area contributed by atoms with Crippen molar-refractivity contribution in [2.45, 2.75) is 0 Å². The van der Waals surface area contributed by atoms with Crippen LogP contribution in [-0.2, 0) is 4.84 Å². The fourth-order valence-electron chi connectivity index (χ4n) is 1.62. The van der Waals surface area contributed by atoms with Gasteiger partial charge in [0.15, 0.2) is 0 Å². The molecule has 0 atom stereocenters. The summed E-state index contributed by atoms with van der Waals surface area (Å²) in [6.45, 7) is 0. The van der Waals surface area contributed by atoms with E-state index in [-0.39, 0.29) is 0 Å². The normalized spacial score (nSPS) is 10.6. The first-order chi connectivity index (χ1) is 8.31. The molecule has 2 N–H and O–H groups in total. The first-order valence-corrected chi connectivity index (χ1v) is 5.33. The Bertz CT molecular complexity index is 518.